The highest BCUT2D eigenvalue weighted by molar-refractivity contribution is 5.85. The molecule has 0 saturated heterocycles. The predicted octanol–water partition coefficient (Wildman–Crippen LogP) is 5.93. The highest BCUT2D eigenvalue weighted by atomic mass is 16.6. The molecule has 0 aliphatic carbocycles. The Balaban J connectivity index is 1.83. The van der Waals surface area contributed by atoms with Crippen molar-refractivity contribution >= 4 is 5.69 Å². The fourth-order valence-corrected chi connectivity index (χ4v) is 3.66. The van der Waals surface area contributed by atoms with E-state index in [4.69, 9.17) is 14.5 Å². The van der Waals surface area contributed by atoms with E-state index in [0.29, 0.717) is 6.42 Å². The van der Waals surface area contributed by atoms with Crippen molar-refractivity contribution in [2.75, 3.05) is 14.2 Å². The van der Waals surface area contributed by atoms with Gasteiger partial charge in [0, 0.05) is 30.3 Å². The van der Waals surface area contributed by atoms with E-state index in [1.54, 1.807) is 32.5 Å². The second-order valence-corrected chi connectivity index (χ2v) is 7.24. The second-order valence-electron chi connectivity index (χ2n) is 7.24. The van der Waals surface area contributed by atoms with Crippen LogP contribution in [0.15, 0.2) is 85.1 Å². The number of hydrogen-bond acceptors (Lipinski definition) is 5. The zero-order valence-corrected chi connectivity index (χ0v) is 17.8. The first-order valence-corrected chi connectivity index (χ1v) is 10.1. The summed E-state index contributed by atoms with van der Waals surface area (Å²) >= 11 is 0. The fraction of sp³-hybridized carbons (Fsp3) is 0.115. The summed E-state index contributed by atoms with van der Waals surface area (Å²) in [7, 11) is 3.28. The molecule has 0 atom stereocenters. The Morgan fingerprint density at radius 2 is 1.34 bits per heavy atom. The van der Waals surface area contributed by atoms with E-state index in [1.807, 2.05) is 54.6 Å². The third kappa shape index (κ3) is 4.44. The van der Waals surface area contributed by atoms with Crippen LogP contribution in [0.25, 0.3) is 22.3 Å². The normalized spacial score (nSPS) is 10.6. The van der Waals surface area contributed by atoms with Gasteiger partial charge in [-0.05, 0) is 64.7 Å². The SMILES string of the molecule is COc1ccc(Cc2nccc(-c3ccc([N+](=O)[O-])cc3)c2-c2ccc(OC)cc2)cc1. The van der Waals surface area contributed by atoms with Gasteiger partial charge >= 0.3 is 0 Å². The molecular formula is C26H22N2O4. The molecule has 1 heterocycles. The Labute approximate surface area is 186 Å². The molecule has 0 unspecified atom stereocenters. The highest BCUT2D eigenvalue weighted by Crippen LogP contribution is 2.36. The second kappa shape index (κ2) is 9.31. The maximum Gasteiger partial charge on any atom is 0.269 e. The summed E-state index contributed by atoms with van der Waals surface area (Å²) < 4.78 is 10.6. The van der Waals surface area contributed by atoms with Gasteiger partial charge in [-0.15, -0.1) is 0 Å². The molecule has 6 heteroatoms. The summed E-state index contributed by atoms with van der Waals surface area (Å²) in [5, 5.41) is 11.1. The lowest BCUT2D eigenvalue weighted by Crippen LogP contribution is -1.99. The van der Waals surface area contributed by atoms with Crippen LogP contribution in [0.4, 0.5) is 5.69 Å². The van der Waals surface area contributed by atoms with Gasteiger partial charge in [-0.1, -0.05) is 24.3 Å². The molecule has 3 aromatic carbocycles. The van der Waals surface area contributed by atoms with E-state index in [2.05, 4.69) is 0 Å². The summed E-state index contributed by atoms with van der Waals surface area (Å²) in [5.74, 6) is 1.57. The van der Waals surface area contributed by atoms with Gasteiger partial charge < -0.3 is 9.47 Å². The van der Waals surface area contributed by atoms with Crippen LogP contribution in [0.5, 0.6) is 11.5 Å². The van der Waals surface area contributed by atoms with Crippen molar-refractivity contribution in [1.29, 1.82) is 0 Å². The standard InChI is InChI=1S/C26H22N2O4/c1-31-22-11-3-18(4-12-22)17-25-26(20-7-13-23(32-2)14-8-20)24(15-16-27-25)19-5-9-21(10-6-19)28(29)30/h3-16H,17H2,1-2H3. The number of nitrogens with zero attached hydrogens (tertiary/aromatic N) is 2. The first-order valence-electron chi connectivity index (χ1n) is 10.1. The molecule has 32 heavy (non-hydrogen) atoms. The zero-order valence-electron chi connectivity index (χ0n) is 17.8. The molecule has 0 aliphatic rings. The van der Waals surface area contributed by atoms with Crippen molar-refractivity contribution in [2.45, 2.75) is 6.42 Å². The summed E-state index contributed by atoms with van der Waals surface area (Å²) in [6.07, 6.45) is 2.41. The van der Waals surface area contributed by atoms with E-state index in [0.717, 1.165) is 45.0 Å². The van der Waals surface area contributed by atoms with Gasteiger partial charge in [0.1, 0.15) is 11.5 Å². The number of benzene rings is 3. The number of nitro benzene ring substituents is 1. The monoisotopic (exact) mass is 426 g/mol. The summed E-state index contributed by atoms with van der Waals surface area (Å²) in [6.45, 7) is 0. The highest BCUT2D eigenvalue weighted by Gasteiger charge is 2.16. The Bertz CT molecular complexity index is 1220. The molecule has 0 spiro atoms. The topological polar surface area (TPSA) is 74.5 Å². The quantitative estimate of drug-likeness (QED) is 0.270. The van der Waals surface area contributed by atoms with Crippen LogP contribution in [-0.2, 0) is 6.42 Å². The van der Waals surface area contributed by atoms with Crippen LogP contribution in [0.1, 0.15) is 11.3 Å². The molecule has 4 rings (SSSR count). The van der Waals surface area contributed by atoms with Crippen LogP contribution < -0.4 is 9.47 Å². The third-order valence-electron chi connectivity index (χ3n) is 5.33. The molecule has 4 aromatic rings. The van der Waals surface area contributed by atoms with Crippen LogP contribution in [0, 0.1) is 10.1 Å². The Hall–Kier alpha value is -4.19. The first kappa shape index (κ1) is 21.1. The lowest BCUT2D eigenvalue weighted by atomic mass is 9.91. The Morgan fingerprint density at radius 3 is 1.91 bits per heavy atom. The summed E-state index contributed by atoms with van der Waals surface area (Å²) in [6, 6.07) is 24.3. The van der Waals surface area contributed by atoms with E-state index in [1.165, 1.54) is 12.1 Å². The van der Waals surface area contributed by atoms with Gasteiger partial charge in [-0.2, -0.15) is 0 Å². The average Bonchev–Trinajstić information content (AvgIpc) is 2.84. The summed E-state index contributed by atoms with van der Waals surface area (Å²) in [5.41, 5.74) is 5.91. The van der Waals surface area contributed by atoms with Crippen molar-refractivity contribution in [3.8, 4) is 33.8 Å². The minimum absolute atomic E-state index is 0.0623. The molecule has 6 nitrogen and oxygen atoms in total. The van der Waals surface area contributed by atoms with E-state index in [-0.39, 0.29) is 5.69 Å². The molecule has 0 N–H and O–H groups in total. The maximum absolute atomic E-state index is 11.1. The minimum Gasteiger partial charge on any atom is -0.497 e. The lowest BCUT2D eigenvalue weighted by molar-refractivity contribution is -0.384. The molecule has 0 aliphatic heterocycles. The number of aromatic nitrogens is 1. The molecule has 0 saturated carbocycles. The van der Waals surface area contributed by atoms with Gasteiger partial charge in [0.25, 0.3) is 5.69 Å². The molecule has 0 fully saturated rings. The van der Waals surface area contributed by atoms with Gasteiger partial charge in [0.2, 0.25) is 0 Å². The molecule has 160 valence electrons. The van der Waals surface area contributed by atoms with Gasteiger partial charge in [-0.25, -0.2) is 0 Å². The van der Waals surface area contributed by atoms with Crippen molar-refractivity contribution < 1.29 is 14.4 Å². The maximum atomic E-state index is 11.1. The number of pyridine rings is 1. The van der Waals surface area contributed by atoms with E-state index >= 15 is 0 Å². The van der Waals surface area contributed by atoms with E-state index < -0.39 is 4.92 Å². The predicted molar refractivity (Wildman–Crippen MR) is 124 cm³/mol. The number of rotatable bonds is 7. The molecule has 1 aromatic heterocycles. The van der Waals surface area contributed by atoms with Crippen molar-refractivity contribution in [3.63, 3.8) is 0 Å². The first-order chi connectivity index (χ1) is 15.6. The lowest BCUT2D eigenvalue weighted by Gasteiger charge is -2.16. The third-order valence-corrected chi connectivity index (χ3v) is 5.33. The Morgan fingerprint density at radius 1 is 0.781 bits per heavy atom. The van der Waals surface area contributed by atoms with Crippen LogP contribution in [-0.4, -0.2) is 24.1 Å². The van der Waals surface area contributed by atoms with Crippen LogP contribution >= 0.6 is 0 Å². The Kier molecular flexibility index (Phi) is 6.12. The zero-order chi connectivity index (χ0) is 22.5. The number of hydrogen-bond donors (Lipinski definition) is 0. The van der Waals surface area contributed by atoms with E-state index in [9.17, 15) is 10.1 Å². The van der Waals surface area contributed by atoms with Crippen LogP contribution in [0.3, 0.4) is 0 Å². The van der Waals surface area contributed by atoms with Crippen molar-refractivity contribution in [1.82, 2.24) is 4.98 Å². The number of ether oxygens (including phenoxy) is 2. The number of nitro groups is 1. The summed E-state index contributed by atoms with van der Waals surface area (Å²) in [4.78, 5) is 15.4. The average molecular weight is 426 g/mol. The molecular weight excluding hydrogens is 404 g/mol. The van der Waals surface area contributed by atoms with Crippen molar-refractivity contribution in [2.24, 2.45) is 0 Å². The molecule has 0 bridgehead atoms. The van der Waals surface area contributed by atoms with Crippen LogP contribution in [0.2, 0.25) is 0 Å². The molecule has 0 radical (unpaired) electrons. The smallest absolute Gasteiger partial charge is 0.269 e. The van der Waals surface area contributed by atoms with Gasteiger partial charge in [0.05, 0.1) is 24.8 Å². The number of non-ortho nitro benzene ring substituents is 1. The van der Waals surface area contributed by atoms with Gasteiger partial charge in [-0.3, -0.25) is 15.1 Å². The largest absolute Gasteiger partial charge is 0.497 e. The minimum atomic E-state index is -0.393. The van der Waals surface area contributed by atoms with Crippen molar-refractivity contribution in [3.05, 3.63) is 106 Å². The molecule has 0 amide bonds. The number of methoxy groups -OCH3 is 2. The fourth-order valence-electron chi connectivity index (χ4n) is 3.66. The van der Waals surface area contributed by atoms with Gasteiger partial charge in [0.15, 0.2) is 0 Å².